The Hall–Kier alpha value is 0.250. The zero-order valence-electron chi connectivity index (χ0n) is 10.8. The van der Waals surface area contributed by atoms with Gasteiger partial charge in [0, 0.05) is 12.1 Å². The van der Waals surface area contributed by atoms with Crippen molar-refractivity contribution in [2.45, 2.75) is 43.9 Å². The second kappa shape index (κ2) is 7.31. The van der Waals surface area contributed by atoms with E-state index in [1.165, 1.54) is 12.8 Å². The van der Waals surface area contributed by atoms with Crippen LogP contribution < -0.4 is 5.43 Å². The van der Waals surface area contributed by atoms with Gasteiger partial charge in [0.05, 0.1) is 12.3 Å². The first-order valence-electron chi connectivity index (χ1n) is 6.21. The maximum atomic E-state index is 5.92. The lowest BCUT2D eigenvalue weighted by molar-refractivity contribution is -0.205. The highest BCUT2D eigenvalue weighted by molar-refractivity contribution is 8.93. The van der Waals surface area contributed by atoms with E-state index in [-0.39, 0.29) is 34.0 Å². The summed E-state index contributed by atoms with van der Waals surface area (Å²) in [7, 11) is 2.23. The number of hydrazine groups is 1. The molecule has 7 heteroatoms. The van der Waals surface area contributed by atoms with E-state index < -0.39 is 0 Å². The number of nitrogens with one attached hydrogen (secondary N) is 1. The summed E-state index contributed by atoms with van der Waals surface area (Å²) in [5.41, 5.74) is 2.96. The van der Waals surface area contributed by atoms with E-state index in [0.717, 1.165) is 12.8 Å². The summed E-state index contributed by atoms with van der Waals surface area (Å²) in [6.07, 6.45) is 10.7. The highest BCUT2D eigenvalue weighted by Crippen LogP contribution is 2.35. The zero-order valence-corrected chi connectivity index (χ0v) is 15.0. The molecule has 3 heterocycles. The summed E-state index contributed by atoms with van der Waals surface area (Å²) in [5.74, 6) is 0. The molecule has 0 aromatic carbocycles. The van der Waals surface area contributed by atoms with Crippen molar-refractivity contribution in [3.05, 3.63) is 23.5 Å². The smallest absolute Gasteiger partial charge is 0.122 e. The first kappa shape index (κ1) is 17.3. The van der Waals surface area contributed by atoms with E-state index in [1.54, 1.807) is 11.2 Å². The van der Waals surface area contributed by atoms with Gasteiger partial charge in [0.2, 0.25) is 0 Å². The number of fused-ring (bicyclic) bond motifs is 2. The summed E-state index contributed by atoms with van der Waals surface area (Å²) >= 11 is 5.89. The average molecular weight is 418 g/mol. The van der Waals surface area contributed by atoms with Crippen molar-refractivity contribution in [2.24, 2.45) is 0 Å². The lowest BCUT2D eigenvalue weighted by atomic mass is 10.0. The number of hydroxylamine groups is 1. The van der Waals surface area contributed by atoms with Gasteiger partial charge in [0.15, 0.2) is 0 Å². The van der Waals surface area contributed by atoms with Gasteiger partial charge in [0.1, 0.15) is 5.16 Å². The maximum Gasteiger partial charge on any atom is 0.122 e. The Morgan fingerprint density at radius 3 is 2.47 bits per heavy atom. The Kier molecular flexibility index (Phi) is 6.66. The summed E-state index contributed by atoms with van der Waals surface area (Å²) in [6.45, 7) is 0. The molecule has 0 aromatic heterocycles. The van der Waals surface area contributed by atoms with Crippen molar-refractivity contribution in [3.8, 4) is 0 Å². The third kappa shape index (κ3) is 3.88. The van der Waals surface area contributed by atoms with Gasteiger partial charge in [-0.25, -0.2) is 0 Å². The fourth-order valence-corrected chi connectivity index (χ4v) is 3.21. The lowest BCUT2D eigenvalue weighted by Gasteiger charge is -2.37. The van der Waals surface area contributed by atoms with Crippen LogP contribution in [0.3, 0.4) is 0 Å². The number of allylic oxidation sites excluding steroid dienone is 2. The fourth-order valence-electron chi connectivity index (χ4n) is 3.06. The monoisotopic (exact) mass is 415 g/mol. The molecule has 3 aliphatic rings. The minimum absolute atomic E-state index is 0. The molecule has 0 spiro atoms. The molecular formula is C12H20Br2ClN3O. The molecule has 3 rings (SSSR count). The van der Waals surface area contributed by atoms with Crippen molar-refractivity contribution in [1.29, 1.82) is 0 Å². The minimum Gasteiger partial charge on any atom is -0.300 e. The topological polar surface area (TPSA) is 27.7 Å². The molecule has 2 atom stereocenters. The van der Waals surface area contributed by atoms with Gasteiger partial charge in [0.25, 0.3) is 0 Å². The predicted molar refractivity (Wildman–Crippen MR) is 87.4 cm³/mol. The lowest BCUT2D eigenvalue weighted by Crippen LogP contribution is -2.46. The largest absolute Gasteiger partial charge is 0.300 e. The first-order chi connectivity index (χ1) is 8.22. The van der Waals surface area contributed by atoms with Crippen LogP contribution in [0, 0.1) is 0 Å². The quantitative estimate of drug-likeness (QED) is 0.699. The van der Waals surface area contributed by atoms with Gasteiger partial charge in [-0.15, -0.1) is 34.0 Å². The maximum absolute atomic E-state index is 5.92. The van der Waals surface area contributed by atoms with Crippen LogP contribution in [0.4, 0.5) is 0 Å². The van der Waals surface area contributed by atoms with Crippen molar-refractivity contribution >= 4 is 45.6 Å². The number of hydrogen-bond acceptors (Lipinski definition) is 4. The van der Waals surface area contributed by atoms with Gasteiger partial charge < -0.3 is 4.90 Å². The van der Waals surface area contributed by atoms with Gasteiger partial charge in [-0.05, 0) is 44.9 Å². The second-order valence-corrected chi connectivity index (χ2v) is 5.45. The van der Waals surface area contributed by atoms with Crippen LogP contribution in [0.2, 0.25) is 0 Å². The normalized spacial score (nSPS) is 33.1. The van der Waals surface area contributed by atoms with E-state index in [1.807, 2.05) is 12.3 Å². The summed E-state index contributed by atoms with van der Waals surface area (Å²) in [4.78, 5) is 8.42. The van der Waals surface area contributed by atoms with E-state index >= 15 is 0 Å². The van der Waals surface area contributed by atoms with Crippen LogP contribution in [0.25, 0.3) is 0 Å². The van der Waals surface area contributed by atoms with Crippen molar-refractivity contribution < 1.29 is 4.84 Å². The Morgan fingerprint density at radius 1 is 1.26 bits per heavy atom. The Balaban J connectivity index is 0.000000902. The molecule has 110 valence electrons. The molecule has 0 radical (unpaired) electrons. The highest BCUT2D eigenvalue weighted by atomic mass is 79.9. The van der Waals surface area contributed by atoms with E-state index in [0.29, 0.717) is 23.3 Å². The van der Waals surface area contributed by atoms with Crippen molar-refractivity contribution in [1.82, 2.24) is 15.5 Å². The van der Waals surface area contributed by atoms with Gasteiger partial charge in [-0.2, -0.15) is 5.17 Å². The van der Waals surface area contributed by atoms with Crippen LogP contribution in [0.1, 0.15) is 25.7 Å². The van der Waals surface area contributed by atoms with E-state index in [4.69, 9.17) is 16.4 Å². The van der Waals surface area contributed by atoms with Crippen molar-refractivity contribution in [2.75, 3.05) is 7.05 Å². The number of rotatable bonds is 2. The van der Waals surface area contributed by atoms with Crippen LogP contribution in [-0.2, 0) is 4.84 Å². The molecule has 1 N–H and O–H groups in total. The van der Waals surface area contributed by atoms with Crippen molar-refractivity contribution in [3.63, 3.8) is 0 Å². The molecule has 2 unspecified atom stereocenters. The van der Waals surface area contributed by atoms with Crippen LogP contribution in [-0.4, -0.2) is 35.3 Å². The molecule has 0 aromatic rings. The summed E-state index contributed by atoms with van der Waals surface area (Å²) in [6, 6.07) is 1.39. The molecule has 0 aliphatic carbocycles. The molecule has 3 aliphatic heterocycles. The standard InChI is InChI=1S/C12H18ClN3O.2BrH/c1-15-9-4-5-10(15)8-11(7-9)17-16-6-2-3-12(13)14-16;;/h2-3,6,9-11,14H,4-5,7-8H2,1H3;2*1H. The first-order valence-corrected chi connectivity index (χ1v) is 6.59. The van der Waals surface area contributed by atoms with E-state index in [9.17, 15) is 0 Å². The molecule has 19 heavy (non-hydrogen) atoms. The number of hydrogen-bond donors (Lipinski definition) is 1. The zero-order chi connectivity index (χ0) is 11.8. The molecular weight excluding hydrogens is 397 g/mol. The van der Waals surface area contributed by atoms with Gasteiger partial charge in [-0.1, -0.05) is 11.6 Å². The van der Waals surface area contributed by atoms with E-state index in [2.05, 4.69) is 17.4 Å². The Morgan fingerprint density at radius 2 is 1.89 bits per heavy atom. The van der Waals surface area contributed by atoms with Gasteiger partial charge >= 0.3 is 0 Å². The van der Waals surface area contributed by atoms with Gasteiger partial charge in [-0.3, -0.25) is 10.3 Å². The highest BCUT2D eigenvalue weighted by Gasteiger charge is 2.39. The number of halogens is 3. The predicted octanol–water partition coefficient (Wildman–Crippen LogP) is 3.11. The molecule has 0 amide bonds. The molecule has 2 bridgehead atoms. The molecule has 0 saturated carbocycles. The number of nitrogens with zero attached hydrogens (tertiary/aromatic N) is 2. The minimum atomic E-state index is 0. The summed E-state index contributed by atoms with van der Waals surface area (Å²) < 4.78 is 0. The molecule has 2 fully saturated rings. The molecule has 2 saturated heterocycles. The fraction of sp³-hybridized carbons (Fsp3) is 0.667. The SMILES string of the molecule is Br.Br.CN1C2CCC1CC(ON1C=CC=C(Cl)N1)C2. The van der Waals surface area contributed by atoms with Crippen LogP contribution in [0.5, 0.6) is 0 Å². The second-order valence-electron chi connectivity index (χ2n) is 5.04. The molecule has 4 nitrogen and oxygen atoms in total. The van der Waals surface area contributed by atoms with Crippen LogP contribution >= 0.6 is 45.6 Å². The number of piperidine rings is 1. The summed E-state index contributed by atoms with van der Waals surface area (Å²) in [5, 5.41) is 2.21. The third-order valence-electron chi connectivity index (χ3n) is 4.00. The van der Waals surface area contributed by atoms with Crippen LogP contribution in [0.15, 0.2) is 23.5 Å². The third-order valence-corrected chi connectivity index (χ3v) is 4.21. The Bertz CT molecular complexity index is 353. The Labute approximate surface area is 140 Å². The average Bonchev–Trinajstić information content (AvgIpc) is 2.52.